The van der Waals surface area contributed by atoms with Crippen molar-refractivity contribution in [3.8, 4) is 0 Å². The molecule has 1 atom stereocenters. The third-order valence-corrected chi connectivity index (χ3v) is 3.16. The van der Waals surface area contributed by atoms with Crippen LogP contribution in [-0.2, 0) is 4.79 Å². The molecule has 5 heteroatoms. The van der Waals surface area contributed by atoms with E-state index in [2.05, 4.69) is 5.32 Å². The molecule has 1 amide bonds. The zero-order valence-corrected chi connectivity index (χ0v) is 10.3. The third-order valence-electron chi connectivity index (χ3n) is 2.62. The highest BCUT2D eigenvalue weighted by Crippen LogP contribution is 2.29. The number of benzene rings is 1. The maximum Gasteiger partial charge on any atom is 0.243 e. The molecule has 16 heavy (non-hydrogen) atoms. The highest BCUT2D eigenvalue weighted by molar-refractivity contribution is 6.36. The minimum absolute atomic E-state index is 0.0375. The van der Waals surface area contributed by atoms with Gasteiger partial charge in [0.1, 0.15) is 0 Å². The molecule has 1 aromatic rings. The Morgan fingerprint density at radius 2 is 2.19 bits per heavy atom. The predicted molar refractivity (Wildman–Crippen MR) is 66.3 cm³/mol. The first-order valence-electron chi connectivity index (χ1n) is 5.09. The van der Waals surface area contributed by atoms with Gasteiger partial charge < -0.3 is 10.2 Å². The van der Waals surface area contributed by atoms with E-state index in [0.29, 0.717) is 16.6 Å². The molecule has 0 spiro atoms. The molecule has 1 fully saturated rings. The monoisotopic (exact) mass is 258 g/mol. The number of carbonyl (C=O) groups is 1. The van der Waals surface area contributed by atoms with Gasteiger partial charge in [0.05, 0.1) is 16.8 Å². The Labute approximate surface area is 104 Å². The largest absolute Gasteiger partial charge is 0.308 e. The Morgan fingerprint density at radius 1 is 1.44 bits per heavy atom. The lowest BCUT2D eigenvalue weighted by Crippen LogP contribution is -2.53. The average Bonchev–Trinajstić information content (AvgIpc) is 2.23. The minimum atomic E-state index is -0.166. The van der Waals surface area contributed by atoms with Crippen LogP contribution in [0, 0.1) is 0 Å². The normalized spacial score (nSPS) is 21.3. The number of halogens is 2. The standard InChI is InChI=1S/C11H12Cl2N2O/c1-7-11(16)15(5-4-14-7)10-3-2-8(12)6-9(10)13/h2-3,6-7,14H,4-5H2,1H3. The first-order valence-corrected chi connectivity index (χ1v) is 5.85. The second kappa shape index (κ2) is 4.62. The van der Waals surface area contributed by atoms with E-state index in [4.69, 9.17) is 23.2 Å². The zero-order valence-electron chi connectivity index (χ0n) is 8.84. The molecule has 2 rings (SSSR count). The Morgan fingerprint density at radius 3 is 2.88 bits per heavy atom. The number of hydrogen-bond acceptors (Lipinski definition) is 2. The Hall–Kier alpha value is -0.770. The van der Waals surface area contributed by atoms with Gasteiger partial charge in [0.15, 0.2) is 0 Å². The summed E-state index contributed by atoms with van der Waals surface area (Å²) in [6, 6.07) is 5.00. The van der Waals surface area contributed by atoms with Gasteiger partial charge in [0.2, 0.25) is 5.91 Å². The molecular formula is C11H12Cl2N2O. The number of amides is 1. The molecule has 1 heterocycles. The number of nitrogens with zero attached hydrogens (tertiary/aromatic N) is 1. The van der Waals surface area contributed by atoms with E-state index < -0.39 is 0 Å². The topological polar surface area (TPSA) is 32.3 Å². The number of anilines is 1. The van der Waals surface area contributed by atoms with E-state index in [1.54, 1.807) is 23.1 Å². The molecule has 0 aliphatic carbocycles. The number of nitrogens with one attached hydrogen (secondary N) is 1. The van der Waals surface area contributed by atoms with Crippen molar-refractivity contribution < 1.29 is 4.79 Å². The van der Waals surface area contributed by atoms with E-state index in [9.17, 15) is 4.79 Å². The van der Waals surface area contributed by atoms with Crippen LogP contribution in [0.5, 0.6) is 0 Å². The zero-order chi connectivity index (χ0) is 11.7. The first kappa shape index (κ1) is 11.7. The highest BCUT2D eigenvalue weighted by Gasteiger charge is 2.26. The van der Waals surface area contributed by atoms with Crippen molar-refractivity contribution in [1.29, 1.82) is 0 Å². The average molecular weight is 259 g/mol. The van der Waals surface area contributed by atoms with Gasteiger partial charge in [-0.05, 0) is 25.1 Å². The molecule has 0 saturated carbocycles. The molecule has 1 aromatic carbocycles. The maximum absolute atomic E-state index is 11.9. The summed E-state index contributed by atoms with van der Waals surface area (Å²) >= 11 is 11.9. The molecular weight excluding hydrogens is 247 g/mol. The molecule has 1 saturated heterocycles. The molecule has 0 aromatic heterocycles. The van der Waals surface area contributed by atoms with Gasteiger partial charge in [0.25, 0.3) is 0 Å². The highest BCUT2D eigenvalue weighted by atomic mass is 35.5. The summed E-state index contributed by atoms with van der Waals surface area (Å²) in [4.78, 5) is 13.6. The van der Waals surface area contributed by atoms with E-state index in [0.717, 1.165) is 12.2 Å². The second-order valence-electron chi connectivity index (χ2n) is 3.76. The van der Waals surface area contributed by atoms with Crippen LogP contribution in [-0.4, -0.2) is 25.0 Å². The molecule has 0 bridgehead atoms. The van der Waals surface area contributed by atoms with E-state index >= 15 is 0 Å². The summed E-state index contributed by atoms with van der Waals surface area (Å²) in [5, 5.41) is 4.18. The lowest BCUT2D eigenvalue weighted by molar-refractivity contribution is -0.121. The molecule has 1 N–H and O–H groups in total. The smallest absolute Gasteiger partial charge is 0.243 e. The van der Waals surface area contributed by atoms with Crippen LogP contribution in [0.1, 0.15) is 6.92 Å². The minimum Gasteiger partial charge on any atom is -0.308 e. The van der Waals surface area contributed by atoms with Gasteiger partial charge in [-0.3, -0.25) is 4.79 Å². The van der Waals surface area contributed by atoms with E-state index in [1.165, 1.54) is 0 Å². The molecule has 86 valence electrons. The van der Waals surface area contributed by atoms with Crippen LogP contribution in [0.25, 0.3) is 0 Å². The second-order valence-corrected chi connectivity index (χ2v) is 4.61. The van der Waals surface area contributed by atoms with Crippen molar-refractivity contribution in [3.05, 3.63) is 28.2 Å². The van der Waals surface area contributed by atoms with Gasteiger partial charge in [-0.2, -0.15) is 0 Å². The van der Waals surface area contributed by atoms with Gasteiger partial charge in [-0.15, -0.1) is 0 Å². The van der Waals surface area contributed by atoms with Crippen LogP contribution in [0.2, 0.25) is 10.0 Å². The van der Waals surface area contributed by atoms with Gasteiger partial charge in [0, 0.05) is 18.1 Å². The van der Waals surface area contributed by atoms with Crippen LogP contribution < -0.4 is 10.2 Å². The number of hydrogen-bond donors (Lipinski definition) is 1. The predicted octanol–water partition coefficient (Wildman–Crippen LogP) is 2.32. The maximum atomic E-state index is 11.9. The van der Waals surface area contributed by atoms with Crippen molar-refractivity contribution in [2.75, 3.05) is 18.0 Å². The Kier molecular flexibility index (Phi) is 3.38. The number of rotatable bonds is 1. The van der Waals surface area contributed by atoms with Gasteiger partial charge in [-0.25, -0.2) is 0 Å². The molecule has 0 radical (unpaired) electrons. The summed E-state index contributed by atoms with van der Waals surface area (Å²) in [6.07, 6.45) is 0. The van der Waals surface area contributed by atoms with Crippen molar-refractivity contribution in [1.82, 2.24) is 5.32 Å². The van der Waals surface area contributed by atoms with Crippen LogP contribution in [0.15, 0.2) is 18.2 Å². The molecule has 1 aliphatic heterocycles. The fraction of sp³-hybridized carbons (Fsp3) is 0.364. The molecule has 3 nitrogen and oxygen atoms in total. The lowest BCUT2D eigenvalue weighted by Gasteiger charge is -2.32. The molecule has 1 aliphatic rings. The number of carbonyl (C=O) groups excluding carboxylic acids is 1. The van der Waals surface area contributed by atoms with Gasteiger partial charge in [-0.1, -0.05) is 23.2 Å². The fourth-order valence-corrected chi connectivity index (χ4v) is 2.27. The fourth-order valence-electron chi connectivity index (χ4n) is 1.76. The Bertz CT molecular complexity index is 422. The van der Waals surface area contributed by atoms with Crippen molar-refractivity contribution in [2.45, 2.75) is 13.0 Å². The van der Waals surface area contributed by atoms with Crippen molar-refractivity contribution in [2.24, 2.45) is 0 Å². The number of piperazine rings is 1. The van der Waals surface area contributed by atoms with Crippen molar-refractivity contribution >= 4 is 34.8 Å². The third kappa shape index (κ3) is 2.17. The molecule has 1 unspecified atom stereocenters. The summed E-state index contributed by atoms with van der Waals surface area (Å²) in [5.74, 6) is 0.0375. The Balaban J connectivity index is 2.32. The first-order chi connectivity index (χ1) is 7.59. The van der Waals surface area contributed by atoms with Crippen LogP contribution in [0.4, 0.5) is 5.69 Å². The van der Waals surface area contributed by atoms with Crippen LogP contribution >= 0.6 is 23.2 Å². The van der Waals surface area contributed by atoms with E-state index in [-0.39, 0.29) is 11.9 Å². The van der Waals surface area contributed by atoms with Crippen LogP contribution in [0.3, 0.4) is 0 Å². The summed E-state index contributed by atoms with van der Waals surface area (Å²) in [7, 11) is 0. The SMILES string of the molecule is CC1NCCN(c2ccc(Cl)cc2Cl)C1=O. The van der Waals surface area contributed by atoms with E-state index in [1.807, 2.05) is 6.92 Å². The van der Waals surface area contributed by atoms with Gasteiger partial charge >= 0.3 is 0 Å². The summed E-state index contributed by atoms with van der Waals surface area (Å²) in [6.45, 7) is 3.24. The lowest BCUT2D eigenvalue weighted by atomic mass is 10.2. The quantitative estimate of drug-likeness (QED) is 0.839. The summed E-state index contributed by atoms with van der Waals surface area (Å²) in [5.41, 5.74) is 0.726. The van der Waals surface area contributed by atoms with Crippen molar-refractivity contribution in [3.63, 3.8) is 0 Å². The summed E-state index contributed by atoms with van der Waals surface area (Å²) < 4.78 is 0.